The van der Waals surface area contributed by atoms with Gasteiger partial charge in [0.25, 0.3) is 0 Å². The van der Waals surface area contributed by atoms with E-state index in [1.165, 1.54) is 12.1 Å². The first-order valence-electron chi connectivity index (χ1n) is 5.44. The third-order valence-electron chi connectivity index (χ3n) is 3.00. The zero-order valence-corrected chi connectivity index (χ0v) is 12.3. The number of sulfonamides is 1. The van der Waals surface area contributed by atoms with Gasteiger partial charge in [0.1, 0.15) is 5.54 Å². The third-order valence-corrected chi connectivity index (χ3v) is 5.51. The zero-order chi connectivity index (χ0) is 14.5. The van der Waals surface area contributed by atoms with E-state index >= 15 is 0 Å². The van der Waals surface area contributed by atoms with Crippen molar-refractivity contribution in [3.05, 3.63) is 28.2 Å². The van der Waals surface area contributed by atoms with Crippen molar-refractivity contribution in [3.63, 3.8) is 0 Å². The van der Waals surface area contributed by atoms with Gasteiger partial charge in [-0.1, -0.05) is 6.07 Å². The summed E-state index contributed by atoms with van der Waals surface area (Å²) in [5, 5.41) is 0. The van der Waals surface area contributed by atoms with Gasteiger partial charge in [-0.2, -0.15) is 17.9 Å². The number of benzene rings is 1. The van der Waals surface area contributed by atoms with Crippen LogP contribution >= 0.6 is 15.9 Å². The van der Waals surface area contributed by atoms with Gasteiger partial charge in [0.15, 0.2) is 0 Å². The number of alkyl halides is 3. The fourth-order valence-corrected chi connectivity index (χ4v) is 4.34. The van der Waals surface area contributed by atoms with Crippen molar-refractivity contribution >= 4 is 26.0 Å². The Balaban J connectivity index is 2.34. The molecule has 0 heterocycles. The lowest BCUT2D eigenvalue weighted by Gasteiger charge is -2.21. The molecule has 1 aliphatic rings. The third kappa shape index (κ3) is 2.80. The normalized spacial score (nSPS) is 18.4. The highest BCUT2D eigenvalue weighted by atomic mass is 79.9. The summed E-state index contributed by atoms with van der Waals surface area (Å²) in [6, 6.07) is 4.36. The predicted molar refractivity (Wildman–Crippen MR) is 67.2 cm³/mol. The van der Waals surface area contributed by atoms with Gasteiger partial charge in [-0.3, -0.25) is 0 Å². The Morgan fingerprint density at radius 3 is 2.32 bits per heavy atom. The van der Waals surface area contributed by atoms with Crippen LogP contribution in [0.1, 0.15) is 18.4 Å². The van der Waals surface area contributed by atoms with Gasteiger partial charge in [-0.05, 0) is 53.4 Å². The molecular formula is C11H11BrF3NO2S. The summed E-state index contributed by atoms with van der Waals surface area (Å²) >= 11 is 3.06. The Bertz CT molecular complexity index is 609. The predicted octanol–water partition coefficient (Wildman–Crippen LogP) is 3.13. The van der Waals surface area contributed by atoms with E-state index in [0.29, 0.717) is 0 Å². The molecule has 2 rings (SSSR count). The molecule has 0 spiro atoms. The molecule has 1 N–H and O–H groups in total. The minimum Gasteiger partial charge on any atom is -0.207 e. The molecule has 0 aliphatic heterocycles. The molecule has 0 saturated heterocycles. The highest BCUT2D eigenvalue weighted by Crippen LogP contribution is 2.49. The molecule has 1 saturated carbocycles. The number of aryl methyl sites for hydroxylation is 1. The molecule has 0 unspecified atom stereocenters. The van der Waals surface area contributed by atoms with Gasteiger partial charge in [0.05, 0.1) is 4.90 Å². The van der Waals surface area contributed by atoms with E-state index < -0.39 is 21.7 Å². The smallest absolute Gasteiger partial charge is 0.207 e. The topological polar surface area (TPSA) is 46.2 Å². The molecule has 106 valence electrons. The molecule has 0 aromatic heterocycles. The molecular weight excluding hydrogens is 347 g/mol. The van der Waals surface area contributed by atoms with Crippen LogP contribution in [0.4, 0.5) is 13.2 Å². The standard InChI is InChI=1S/C11H11BrF3NO2S/c1-7-2-3-9(8(12)6-7)19(17,18)16-10(4-5-10)11(13,14)15/h2-3,6,16H,4-5H2,1H3. The molecule has 1 aliphatic carbocycles. The Morgan fingerprint density at radius 2 is 1.89 bits per heavy atom. The zero-order valence-electron chi connectivity index (χ0n) is 9.88. The van der Waals surface area contributed by atoms with E-state index in [1.54, 1.807) is 17.7 Å². The molecule has 0 amide bonds. The number of hydrogen-bond donors (Lipinski definition) is 1. The van der Waals surface area contributed by atoms with Crippen molar-refractivity contribution in [1.29, 1.82) is 0 Å². The maximum Gasteiger partial charge on any atom is 0.407 e. The maximum absolute atomic E-state index is 12.8. The number of halogens is 4. The maximum atomic E-state index is 12.8. The fraction of sp³-hybridized carbons (Fsp3) is 0.455. The summed E-state index contributed by atoms with van der Waals surface area (Å²) in [5.74, 6) is 0. The van der Waals surface area contributed by atoms with Gasteiger partial charge in [-0.15, -0.1) is 0 Å². The Labute approximate surface area is 117 Å². The van der Waals surface area contributed by atoms with Gasteiger partial charge in [0.2, 0.25) is 10.0 Å². The first-order chi connectivity index (χ1) is 8.57. The first-order valence-corrected chi connectivity index (χ1v) is 7.72. The molecule has 19 heavy (non-hydrogen) atoms. The Hall–Kier alpha value is -0.600. The molecule has 0 radical (unpaired) electrons. The van der Waals surface area contributed by atoms with Crippen LogP contribution in [0.25, 0.3) is 0 Å². The Morgan fingerprint density at radius 1 is 1.32 bits per heavy atom. The molecule has 0 bridgehead atoms. The summed E-state index contributed by atoms with van der Waals surface area (Å²) in [5.41, 5.74) is -1.49. The van der Waals surface area contributed by atoms with Crippen molar-refractivity contribution in [2.24, 2.45) is 0 Å². The monoisotopic (exact) mass is 357 g/mol. The van der Waals surface area contributed by atoms with Crippen molar-refractivity contribution in [1.82, 2.24) is 4.72 Å². The SMILES string of the molecule is Cc1ccc(S(=O)(=O)NC2(C(F)(F)F)CC2)c(Br)c1. The summed E-state index contributed by atoms with van der Waals surface area (Å²) in [4.78, 5) is -0.186. The van der Waals surface area contributed by atoms with E-state index in [4.69, 9.17) is 0 Å². The highest BCUT2D eigenvalue weighted by Gasteiger charge is 2.65. The molecule has 0 atom stereocenters. The van der Waals surface area contributed by atoms with E-state index in [9.17, 15) is 21.6 Å². The second-order valence-electron chi connectivity index (χ2n) is 4.62. The van der Waals surface area contributed by atoms with Gasteiger partial charge in [-0.25, -0.2) is 8.42 Å². The van der Waals surface area contributed by atoms with Crippen LogP contribution in [0, 0.1) is 6.92 Å². The van der Waals surface area contributed by atoms with Gasteiger partial charge in [0, 0.05) is 4.47 Å². The Kier molecular flexibility index (Phi) is 3.47. The van der Waals surface area contributed by atoms with Gasteiger partial charge < -0.3 is 0 Å². The number of rotatable bonds is 3. The molecule has 3 nitrogen and oxygen atoms in total. The summed E-state index contributed by atoms with van der Waals surface area (Å²) in [7, 11) is -4.20. The second kappa shape index (κ2) is 4.46. The first kappa shape index (κ1) is 14.8. The van der Waals surface area contributed by atoms with E-state index in [2.05, 4.69) is 15.9 Å². The van der Waals surface area contributed by atoms with Crippen molar-refractivity contribution in [3.8, 4) is 0 Å². The van der Waals surface area contributed by atoms with Crippen LogP contribution in [0.5, 0.6) is 0 Å². The quantitative estimate of drug-likeness (QED) is 0.903. The minimum absolute atomic E-state index is 0.186. The van der Waals surface area contributed by atoms with Crippen LogP contribution in [0.3, 0.4) is 0 Å². The second-order valence-corrected chi connectivity index (χ2v) is 7.12. The number of nitrogens with one attached hydrogen (secondary N) is 1. The van der Waals surface area contributed by atoms with Crippen LogP contribution in [0.15, 0.2) is 27.6 Å². The van der Waals surface area contributed by atoms with Crippen LogP contribution < -0.4 is 4.72 Å². The summed E-state index contributed by atoms with van der Waals surface area (Å²) < 4.78 is 64.4. The van der Waals surface area contributed by atoms with Crippen LogP contribution in [0.2, 0.25) is 0 Å². The lowest BCUT2D eigenvalue weighted by molar-refractivity contribution is -0.160. The van der Waals surface area contributed by atoms with Crippen LogP contribution in [-0.4, -0.2) is 20.1 Å². The average Bonchev–Trinajstić information content (AvgIpc) is 2.96. The molecule has 1 fully saturated rings. The summed E-state index contributed by atoms with van der Waals surface area (Å²) in [6.45, 7) is 1.76. The van der Waals surface area contributed by atoms with Crippen molar-refractivity contribution in [2.75, 3.05) is 0 Å². The highest BCUT2D eigenvalue weighted by molar-refractivity contribution is 9.10. The average molecular weight is 358 g/mol. The lowest BCUT2D eigenvalue weighted by Crippen LogP contribution is -2.47. The van der Waals surface area contributed by atoms with E-state index in [-0.39, 0.29) is 22.2 Å². The number of hydrogen-bond acceptors (Lipinski definition) is 2. The van der Waals surface area contributed by atoms with Gasteiger partial charge >= 0.3 is 6.18 Å². The minimum atomic E-state index is -4.57. The van der Waals surface area contributed by atoms with E-state index in [0.717, 1.165) is 5.56 Å². The summed E-state index contributed by atoms with van der Waals surface area (Å²) in [6.07, 6.45) is -5.02. The lowest BCUT2D eigenvalue weighted by atomic mass is 10.2. The molecule has 8 heteroatoms. The van der Waals surface area contributed by atoms with Crippen molar-refractivity contribution < 1.29 is 21.6 Å². The van der Waals surface area contributed by atoms with Crippen molar-refractivity contribution in [2.45, 2.75) is 36.4 Å². The largest absolute Gasteiger partial charge is 0.407 e. The molecule has 1 aromatic rings. The van der Waals surface area contributed by atoms with E-state index in [1.807, 2.05) is 0 Å². The fourth-order valence-electron chi connectivity index (χ4n) is 1.70. The molecule has 1 aromatic carbocycles. The van der Waals surface area contributed by atoms with Crippen LogP contribution in [-0.2, 0) is 10.0 Å².